The fraction of sp³-hybridized carbons (Fsp3) is 0. The van der Waals surface area contributed by atoms with E-state index in [1.54, 1.807) is 46.2 Å². The number of anilines is 2. The van der Waals surface area contributed by atoms with Crippen molar-refractivity contribution in [3.8, 4) is 34.3 Å². The van der Waals surface area contributed by atoms with E-state index in [1.165, 1.54) is 0 Å². The van der Waals surface area contributed by atoms with Gasteiger partial charge >= 0.3 is 0 Å². The van der Waals surface area contributed by atoms with E-state index in [0.29, 0.717) is 55.9 Å². The number of nitrogens with zero attached hydrogens (tertiary/aromatic N) is 10. The van der Waals surface area contributed by atoms with Crippen molar-refractivity contribution >= 4 is 83.6 Å². The molecule has 8 heterocycles. The number of fused-ring (bicyclic) bond motifs is 4. The van der Waals surface area contributed by atoms with Gasteiger partial charge in [0.2, 0.25) is 11.9 Å². The third-order valence-corrected chi connectivity index (χ3v) is 8.76. The van der Waals surface area contributed by atoms with Gasteiger partial charge in [-0.25, -0.2) is 9.97 Å². The number of hydrogen-bond acceptors (Lipinski definition) is 12. The Morgan fingerprint density at radius 2 is 1.32 bits per heavy atom. The summed E-state index contributed by atoms with van der Waals surface area (Å²) in [6.07, 6.45) is 6.86. The predicted molar refractivity (Wildman–Crippen MR) is 190 cm³/mol. The van der Waals surface area contributed by atoms with Crippen molar-refractivity contribution in [3.05, 3.63) is 95.1 Å². The van der Waals surface area contributed by atoms with Crippen LogP contribution in [0, 0.1) is 0 Å². The lowest BCUT2D eigenvalue weighted by molar-refractivity contribution is 0.580. The minimum Gasteiger partial charge on any atom is -0.463 e. The van der Waals surface area contributed by atoms with Crippen molar-refractivity contribution < 1.29 is 8.83 Å². The van der Waals surface area contributed by atoms with Crippen LogP contribution < -0.4 is 11.5 Å². The molecule has 0 bridgehead atoms. The molecule has 0 spiro atoms. The van der Waals surface area contributed by atoms with Crippen molar-refractivity contribution in [1.29, 1.82) is 0 Å². The molecule has 244 valence electrons. The Labute approximate surface area is 292 Å². The van der Waals surface area contributed by atoms with E-state index < -0.39 is 0 Å². The number of nitrogen functional groups attached to an aromatic ring is 2. The Hall–Kier alpha value is -6.59. The Kier molecular flexibility index (Phi) is 6.81. The molecule has 0 unspecified atom stereocenters. The molecule has 0 amide bonds. The van der Waals surface area contributed by atoms with Crippen LogP contribution in [-0.2, 0) is 0 Å². The molecule has 0 atom stereocenters. The number of aromatic amines is 2. The van der Waals surface area contributed by atoms with Crippen LogP contribution in [0.5, 0.6) is 0 Å². The smallest absolute Gasteiger partial charge is 0.222 e. The summed E-state index contributed by atoms with van der Waals surface area (Å²) < 4.78 is 14.9. The highest BCUT2D eigenvalue weighted by atomic mass is 79.9. The summed E-state index contributed by atoms with van der Waals surface area (Å²) in [4.78, 5) is 23.4. The molecule has 0 saturated heterocycles. The van der Waals surface area contributed by atoms with Gasteiger partial charge in [0.25, 0.3) is 0 Å². The molecule has 0 aliphatic heterocycles. The highest BCUT2D eigenvalue weighted by Gasteiger charge is 2.20. The predicted octanol–water partition coefficient (Wildman–Crippen LogP) is 6.48. The number of nitrogens with one attached hydrogen (secondary N) is 2. The van der Waals surface area contributed by atoms with Crippen LogP contribution in [-0.4, -0.2) is 59.9 Å². The molecule has 8 aromatic heterocycles. The molecular formula is C32H20BrClN14O2. The van der Waals surface area contributed by atoms with E-state index in [2.05, 4.69) is 66.5 Å². The first kappa shape index (κ1) is 29.5. The van der Waals surface area contributed by atoms with E-state index in [9.17, 15) is 0 Å². The number of rotatable bonds is 4. The van der Waals surface area contributed by atoms with Crippen LogP contribution in [0.3, 0.4) is 0 Å². The summed E-state index contributed by atoms with van der Waals surface area (Å²) in [5, 5.41) is 19.4. The Bertz CT molecular complexity index is 2840. The SMILES string of the molecule is Nc1nc(-c2ccco2)c2nnn(-c3cc(Br)c4[nH]ccc4c3)c2n1.Nc1nc(-c2ccco2)c2nnn(-c3cc4cc[nH]c4cc3Cl)c2n1. The second-order valence-electron chi connectivity index (χ2n) is 10.9. The largest absolute Gasteiger partial charge is 0.463 e. The van der Waals surface area contributed by atoms with E-state index in [0.717, 1.165) is 32.0 Å². The van der Waals surface area contributed by atoms with Crippen LogP contribution in [0.15, 0.2) is 98.9 Å². The number of H-pyrrole nitrogens is 2. The summed E-state index contributed by atoms with van der Waals surface area (Å²) in [6.45, 7) is 0. The molecule has 2 aromatic carbocycles. The molecule has 10 aromatic rings. The minimum atomic E-state index is 0.0984. The molecule has 0 fully saturated rings. The molecule has 18 heteroatoms. The number of benzene rings is 2. The van der Waals surface area contributed by atoms with E-state index in [4.69, 9.17) is 31.9 Å². The van der Waals surface area contributed by atoms with E-state index >= 15 is 0 Å². The Morgan fingerprint density at radius 3 is 1.98 bits per heavy atom. The third kappa shape index (κ3) is 4.91. The zero-order valence-electron chi connectivity index (χ0n) is 25.3. The van der Waals surface area contributed by atoms with Crippen LogP contribution in [0.2, 0.25) is 5.02 Å². The first-order valence-electron chi connectivity index (χ1n) is 14.8. The lowest BCUT2D eigenvalue weighted by atomic mass is 10.2. The van der Waals surface area contributed by atoms with Gasteiger partial charge in [-0.3, -0.25) is 0 Å². The minimum absolute atomic E-state index is 0.0984. The number of hydrogen-bond donors (Lipinski definition) is 4. The second kappa shape index (κ2) is 11.5. The van der Waals surface area contributed by atoms with E-state index in [-0.39, 0.29) is 11.9 Å². The first-order chi connectivity index (χ1) is 24.4. The van der Waals surface area contributed by atoms with Gasteiger partial charge in [0.05, 0.1) is 34.4 Å². The van der Waals surface area contributed by atoms with Crippen LogP contribution in [0.4, 0.5) is 11.9 Å². The maximum Gasteiger partial charge on any atom is 0.222 e. The zero-order valence-corrected chi connectivity index (χ0v) is 27.6. The number of nitrogens with two attached hydrogens (primary N) is 2. The van der Waals surface area contributed by atoms with Gasteiger partial charge in [-0.15, -0.1) is 10.2 Å². The molecule has 16 nitrogen and oxygen atoms in total. The van der Waals surface area contributed by atoms with Crippen molar-refractivity contribution in [3.63, 3.8) is 0 Å². The second-order valence-corrected chi connectivity index (χ2v) is 12.2. The topological polar surface area (TPSA) is 223 Å². The third-order valence-electron chi connectivity index (χ3n) is 7.83. The van der Waals surface area contributed by atoms with Crippen molar-refractivity contribution in [1.82, 2.24) is 59.9 Å². The highest BCUT2D eigenvalue weighted by molar-refractivity contribution is 9.10. The van der Waals surface area contributed by atoms with Gasteiger partial charge in [-0.05, 0) is 76.6 Å². The van der Waals surface area contributed by atoms with Gasteiger partial charge in [0.15, 0.2) is 33.8 Å². The van der Waals surface area contributed by atoms with Crippen molar-refractivity contribution in [2.24, 2.45) is 0 Å². The molecule has 0 radical (unpaired) electrons. The average molecular weight is 748 g/mol. The van der Waals surface area contributed by atoms with Gasteiger partial charge in [-0.2, -0.15) is 19.3 Å². The summed E-state index contributed by atoms with van der Waals surface area (Å²) in [6, 6.07) is 18.7. The normalized spacial score (nSPS) is 11.6. The molecule has 10 rings (SSSR count). The van der Waals surface area contributed by atoms with Crippen LogP contribution >= 0.6 is 27.5 Å². The lowest BCUT2D eigenvalue weighted by Crippen LogP contribution is -2.02. The average Bonchev–Trinajstić information content (AvgIpc) is 3.95. The van der Waals surface area contributed by atoms with Crippen molar-refractivity contribution in [2.75, 3.05) is 11.5 Å². The van der Waals surface area contributed by atoms with Gasteiger partial charge in [0, 0.05) is 33.2 Å². The Balaban J connectivity index is 0.000000135. The number of aromatic nitrogens is 12. The molecule has 50 heavy (non-hydrogen) atoms. The van der Waals surface area contributed by atoms with Gasteiger partial charge in [0.1, 0.15) is 11.4 Å². The van der Waals surface area contributed by atoms with Gasteiger partial charge < -0.3 is 30.3 Å². The maximum atomic E-state index is 6.43. The summed E-state index contributed by atoms with van der Waals surface area (Å²) in [5.74, 6) is 1.33. The molecule has 0 saturated carbocycles. The fourth-order valence-electron chi connectivity index (χ4n) is 5.63. The van der Waals surface area contributed by atoms with Crippen LogP contribution in [0.1, 0.15) is 0 Å². The lowest BCUT2D eigenvalue weighted by Gasteiger charge is -2.06. The summed E-state index contributed by atoms with van der Waals surface area (Å²) in [5.41, 5.74) is 18.2. The molecule has 0 aliphatic rings. The highest BCUT2D eigenvalue weighted by Crippen LogP contribution is 2.32. The molecule has 6 N–H and O–H groups in total. The van der Waals surface area contributed by atoms with Gasteiger partial charge in [-0.1, -0.05) is 22.0 Å². The number of halogens is 2. The summed E-state index contributed by atoms with van der Waals surface area (Å²) >= 11 is 10.0. The monoisotopic (exact) mass is 746 g/mol. The van der Waals surface area contributed by atoms with Crippen molar-refractivity contribution in [2.45, 2.75) is 0 Å². The Morgan fingerprint density at radius 1 is 0.700 bits per heavy atom. The molecule has 0 aliphatic carbocycles. The zero-order chi connectivity index (χ0) is 33.9. The fourth-order valence-corrected chi connectivity index (χ4v) is 6.45. The molecular weight excluding hydrogens is 728 g/mol. The standard InChI is InChI=1S/C16H10BrN7O.C16H10ClN7O/c17-10-7-9(6-8-3-4-19-12(8)10)24-15-14(22-23-24)13(20-16(18)21-15)11-2-1-5-25-11;17-9-7-10-8(3-4-19-10)6-11(9)24-15-14(22-23-24)13(20-16(18)21-15)12-2-1-5-25-12/h2*1-7,19H,(H2,18,20,21). The number of furan rings is 2. The van der Waals surface area contributed by atoms with Crippen LogP contribution in [0.25, 0.3) is 78.4 Å². The van der Waals surface area contributed by atoms with E-state index in [1.807, 2.05) is 48.8 Å². The quantitative estimate of drug-likeness (QED) is 0.152. The summed E-state index contributed by atoms with van der Waals surface area (Å²) in [7, 11) is 0. The first-order valence-corrected chi connectivity index (χ1v) is 16.0. The maximum absolute atomic E-state index is 6.43.